The Morgan fingerprint density at radius 1 is 1.35 bits per heavy atom. The SMILES string of the molecule is CCNC1CC(Oc2ccc(Cl)c(F)c2)C1(CC)CC. The van der Waals surface area contributed by atoms with Gasteiger partial charge < -0.3 is 10.1 Å². The molecule has 2 rings (SSSR count). The molecule has 2 unspecified atom stereocenters. The highest BCUT2D eigenvalue weighted by Crippen LogP contribution is 2.49. The van der Waals surface area contributed by atoms with Crippen LogP contribution in [0.15, 0.2) is 18.2 Å². The Hall–Kier alpha value is -0.800. The van der Waals surface area contributed by atoms with Crippen LogP contribution >= 0.6 is 11.6 Å². The van der Waals surface area contributed by atoms with Crippen LogP contribution in [0.25, 0.3) is 0 Å². The molecule has 0 aliphatic heterocycles. The van der Waals surface area contributed by atoms with Gasteiger partial charge in [-0.25, -0.2) is 4.39 Å². The van der Waals surface area contributed by atoms with E-state index in [2.05, 4.69) is 26.1 Å². The van der Waals surface area contributed by atoms with Crippen molar-refractivity contribution in [2.75, 3.05) is 6.54 Å². The highest BCUT2D eigenvalue weighted by molar-refractivity contribution is 6.30. The number of hydrogen-bond acceptors (Lipinski definition) is 2. The molecule has 1 N–H and O–H groups in total. The summed E-state index contributed by atoms with van der Waals surface area (Å²) in [6.07, 6.45) is 3.23. The first kappa shape index (κ1) is 15.6. The Labute approximate surface area is 125 Å². The van der Waals surface area contributed by atoms with Gasteiger partial charge in [-0.05, 0) is 31.5 Å². The number of ether oxygens (including phenoxy) is 1. The molecule has 1 aromatic carbocycles. The molecule has 1 saturated carbocycles. The van der Waals surface area contributed by atoms with E-state index in [9.17, 15) is 4.39 Å². The minimum atomic E-state index is -0.426. The first-order valence-electron chi connectivity index (χ1n) is 7.42. The Bertz CT molecular complexity index is 462. The maximum atomic E-state index is 13.5. The largest absolute Gasteiger partial charge is 0.490 e. The van der Waals surface area contributed by atoms with Crippen LogP contribution < -0.4 is 10.1 Å². The fourth-order valence-electron chi connectivity index (χ4n) is 3.36. The van der Waals surface area contributed by atoms with Crippen molar-refractivity contribution in [3.8, 4) is 5.75 Å². The first-order valence-corrected chi connectivity index (χ1v) is 7.80. The summed E-state index contributed by atoms with van der Waals surface area (Å²) < 4.78 is 19.5. The second kappa shape index (κ2) is 6.31. The van der Waals surface area contributed by atoms with Crippen molar-refractivity contribution in [1.29, 1.82) is 0 Å². The zero-order valence-electron chi connectivity index (χ0n) is 12.4. The van der Waals surface area contributed by atoms with E-state index < -0.39 is 5.82 Å². The molecule has 1 fully saturated rings. The van der Waals surface area contributed by atoms with Crippen LogP contribution in [0.2, 0.25) is 5.02 Å². The third-order valence-electron chi connectivity index (χ3n) is 4.72. The van der Waals surface area contributed by atoms with Crippen LogP contribution in [-0.4, -0.2) is 18.7 Å². The highest BCUT2D eigenvalue weighted by atomic mass is 35.5. The topological polar surface area (TPSA) is 21.3 Å². The fourth-order valence-corrected chi connectivity index (χ4v) is 3.48. The van der Waals surface area contributed by atoms with Gasteiger partial charge in [0.1, 0.15) is 17.7 Å². The third-order valence-corrected chi connectivity index (χ3v) is 5.03. The lowest BCUT2D eigenvalue weighted by Gasteiger charge is -2.55. The van der Waals surface area contributed by atoms with Crippen molar-refractivity contribution in [2.24, 2.45) is 5.41 Å². The number of benzene rings is 1. The van der Waals surface area contributed by atoms with Crippen LogP contribution in [0.4, 0.5) is 4.39 Å². The van der Waals surface area contributed by atoms with Gasteiger partial charge >= 0.3 is 0 Å². The van der Waals surface area contributed by atoms with Gasteiger partial charge in [-0.3, -0.25) is 0 Å². The lowest BCUT2D eigenvalue weighted by Crippen LogP contribution is -2.64. The van der Waals surface area contributed by atoms with Crippen molar-refractivity contribution in [3.63, 3.8) is 0 Å². The number of nitrogens with one attached hydrogen (secondary N) is 1. The van der Waals surface area contributed by atoms with Gasteiger partial charge in [0.2, 0.25) is 0 Å². The molecule has 1 aliphatic rings. The molecule has 0 amide bonds. The van der Waals surface area contributed by atoms with Crippen molar-refractivity contribution >= 4 is 11.6 Å². The quantitative estimate of drug-likeness (QED) is 0.840. The van der Waals surface area contributed by atoms with Crippen LogP contribution in [0.3, 0.4) is 0 Å². The molecule has 4 heteroatoms. The molecule has 1 aromatic rings. The molecule has 0 saturated heterocycles. The van der Waals surface area contributed by atoms with E-state index in [-0.39, 0.29) is 16.5 Å². The first-order chi connectivity index (χ1) is 9.57. The maximum absolute atomic E-state index is 13.5. The zero-order chi connectivity index (χ0) is 14.8. The second-order valence-electron chi connectivity index (χ2n) is 5.47. The van der Waals surface area contributed by atoms with Crippen LogP contribution in [0.5, 0.6) is 5.75 Å². The second-order valence-corrected chi connectivity index (χ2v) is 5.88. The monoisotopic (exact) mass is 299 g/mol. The minimum Gasteiger partial charge on any atom is -0.490 e. The molecule has 0 radical (unpaired) electrons. The van der Waals surface area contributed by atoms with Crippen molar-refractivity contribution < 1.29 is 9.13 Å². The Morgan fingerprint density at radius 3 is 2.60 bits per heavy atom. The van der Waals surface area contributed by atoms with Gasteiger partial charge in [-0.15, -0.1) is 0 Å². The highest BCUT2D eigenvalue weighted by Gasteiger charge is 2.53. The van der Waals surface area contributed by atoms with Crippen LogP contribution in [0.1, 0.15) is 40.0 Å². The van der Waals surface area contributed by atoms with Gasteiger partial charge in [-0.2, -0.15) is 0 Å². The van der Waals surface area contributed by atoms with Gasteiger partial charge in [0.15, 0.2) is 0 Å². The summed E-state index contributed by atoms with van der Waals surface area (Å²) in [5.74, 6) is 0.142. The summed E-state index contributed by atoms with van der Waals surface area (Å²) >= 11 is 5.70. The molecule has 20 heavy (non-hydrogen) atoms. The predicted molar refractivity (Wildman–Crippen MR) is 80.9 cm³/mol. The summed E-state index contributed by atoms with van der Waals surface area (Å²) in [4.78, 5) is 0. The van der Waals surface area contributed by atoms with E-state index in [1.807, 2.05) is 0 Å². The zero-order valence-corrected chi connectivity index (χ0v) is 13.1. The maximum Gasteiger partial charge on any atom is 0.145 e. The van der Waals surface area contributed by atoms with E-state index in [1.54, 1.807) is 12.1 Å². The van der Waals surface area contributed by atoms with Gasteiger partial charge in [-0.1, -0.05) is 32.4 Å². The lowest BCUT2D eigenvalue weighted by atomic mass is 9.58. The van der Waals surface area contributed by atoms with Crippen LogP contribution in [-0.2, 0) is 0 Å². The molecule has 0 heterocycles. The summed E-state index contributed by atoms with van der Waals surface area (Å²) in [6, 6.07) is 5.15. The molecule has 0 bridgehead atoms. The van der Waals surface area contributed by atoms with Crippen LogP contribution in [0, 0.1) is 11.2 Å². The average Bonchev–Trinajstić information content (AvgIpc) is 2.43. The molecule has 0 aromatic heterocycles. The van der Waals surface area contributed by atoms with Crippen molar-refractivity contribution in [2.45, 2.75) is 52.2 Å². The molecular formula is C16H23ClFNO. The summed E-state index contributed by atoms with van der Waals surface area (Å²) in [5.41, 5.74) is 0.145. The standard InChI is InChI=1S/C16H23ClFNO/c1-4-16(5-2)14(19-6-3)10-15(16)20-11-7-8-12(17)13(18)9-11/h7-9,14-15,19H,4-6,10H2,1-3H3. The van der Waals surface area contributed by atoms with Gasteiger partial charge in [0, 0.05) is 23.9 Å². The molecule has 2 atom stereocenters. The summed E-state index contributed by atoms with van der Waals surface area (Å²) in [5, 5.41) is 3.67. The molecule has 2 nitrogen and oxygen atoms in total. The third kappa shape index (κ3) is 2.66. The fraction of sp³-hybridized carbons (Fsp3) is 0.625. The number of hydrogen-bond donors (Lipinski definition) is 1. The minimum absolute atomic E-state index is 0.133. The molecule has 1 aliphatic carbocycles. The van der Waals surface area contributed by atoms with Gasteiger partial charge in [0.25, 0.3) is 0 Å². The predicted octanol–water partition coefficient (Wildman–Crippen LogP) is 4.41. The molecule has 112 valence electrons. The van der Waals surface area contributed by atoms with E-state index in [1.165, 1.54) is 6.07 Å². The van der Waals surface area contributed by atoms with E-state index in [4.69, 9.17) is 16.3 Å². The normalized spacial score (nSPS) is 24.2. The summed E-state index contributed by atoms with van der Waals surface area (Å²) in [7, 11) is 0. The Morgan fingerprint density at radius 2 is 2.05 bits per heavy atom. The van der Waals surface area contributed by atoms with Crippen molar-refractivity contribution in [3.05, 3.63) is 29.0 Å². The summed E-state index contributed by atoms with van der Waals surface area (Å²) in [6.45, 7) is 7.49. The van der Waals surface area contributed by atoms with Crippen molar-refractivity contribution in [1.82, 2.24) is 5.32 Å². The number of halogens is 2. The smallest absolute Gasteiger partial charge is 0.145 e. The Kier molecular flexibility index (Phi) is 4.92. The molecule has 0 spiro atoms. The van der Waals surface area contributed by atoms with E-state index >= 15 is 0 Å². The Balaban J connectivity index is 2.11. The molecular weight excluding hydrogens is 277 g/mol. The lowest BCUT2D eigenvalue weighted by molar-refractivity contribution is -0.0855. The van der Waals surface area contributed by atoms with E-state index in [0.717, 1.165) is 25.8 Å². The average molecular weight is 300 g/mol. The van der Waals surface area contributed by atoms with Gasteiger partial charge in [0.05, 0.1) is 5.02 Å². The number of rotatable bonds is 6. The van der Waals surface area contributed by atoms with E-state index in [0.29, 0.717) is 11.8 Å².